The van der Waals surface area contributed by atoms with E-state index in [1.807, 2.05) is 30.5 Å². The number of benzene rings is 1. The van der Waals surface area contributed by atoms with Crippen LogP contribution in [0.4, 0.5) is 0 Å². The smallest absolute Gasteiger partial charge is 0.148 e. The van der Waals surface area contributed by atoms with Crippen molar-refractivity contribution in [2.75, 3.05) is 0 Å². The topological polar surface area (TPSA) is 77.6 Å². The third-order valence-corrected chi connectivity index (χ3v) is 4.37. The maximum absolute atomic E-state index is 9.67. The fourth-order valence-corrected chi connectivity index (χ4v) is 3.11. The zero-order valence-electron chi connectivity index (χ0n) is 12.6. The van der Waals surface area contributed by atoms with Gasteiger partial charge in [-0.05, 0) is 38.1 Å². The van der Waals surface area contributed by atoms with Crippen molar-refractivity contribution in [3.63, 3.8) is 0 Å². The Bertz CT molecular complexity index is 1020. The average molecular weight is 322 g/mol. The number of hydrogen-bond acceptors (Lipinski definition) is 4. The molecule has 0 saturated heterocycles. The van der Waals surface area contributed by atoms with Gasteiger partial charge in [0.2, 0.25) is 0 Å². The van der Waals surface area contributed by atoms with Crippen molar-refractivity contribution in [3.8, 4) is 22.5 Å². The molecule has 0 spiro atoms. The van der Waals surface area contributed by atoms with Crippen molar-refractivity contribution in [1.82, 2.24) is 20.2 Å². The number of fused-ring (bicyclic) bond motifs is 2. The molecule has 0 saturated carbocycles. The summed E-state index contributed by atoms with van der Waals surface area (Å²) in [5.41, 5.74) is 1.79. The van der Waals surface area contributed by atoms with Gasteiger partial charge in [-0.2, -0.15) is 5.10 Å². The molecule has 5 nitrogen and oxygen atoms in total. The van der Waals surface area contributed by atoms with Gasteiger partial charge in [0.05, 0.1) is 26.3 Å². The molecule has 6 heteroatoms. The van der Waals surface area contributed by atoms with Gasteiger partial charge in [-0.3, -0.25) is 5.10 Å². The van der Waals surface area contributed by atoms with Gasteiger partial charge in [0.25, 0.3) is 0 Å². The van der Waals surface area contributed by atoms with Crippen LogP contribution < -0.4 is 0 Å². The Balaban J connectivity index is 1.73. The summed E-state index contributed by atoms with van der Waals surface area (Å²) < 4.78 is 0. The molecule has 0 atom stereocenters. The molecule has 3 heterocycles. The van der Waals surface area contributed by atoms with Crippen molar-refractivity contribution in [2.45, 2.75) is 19.4 Å². The molecule has 4 rings (SSSR count). The van der Waals surface area contributed by atoms with E-state index >= 15 is 0 Å². The summed E-state index contributed by atoms with van der Waals surface area (Å²) in [6.07, 6.45) is 1.86. The largest absolute Gasteiger partial charge is 0.378 e. The van der Waals surface area contributed by atoms with Gasteiger partial charge >= 0.3 is 0 Å². The first kappa shape index (κ1) is 14.0. The van der Waals surface area contributed by atoms with Crippen LogP contribution in [0.15, 0.2) is 30.5 Å². The summed E-state index contributed by atoms with van der Waals surface area (Å²) in [4.78, 5) is 9.89. The minimum Gasteiger partial charge on any atom is -0.378 e. The second-order valence-corrected chi connectivity index (χ2v) is 6.96. The van der Waals surface area contributed by atoms with Crippen molar-refractivity contribution in [2.24, 2.45) is 0 Å². The lowest BCUT2D eigenvalue weighted by atomic mass is 10.1. The maximum atomic E-state index is 9.67. The van der Waals surface area contributed by atoms with E-state index in [9.17, 15) is 5.11 Å². The van der Waals surface area contributed by atoms with Crippen LogP contribution >= 0.6 is 11.3 Å². The summed E-state index contributed by atoms with van der Waals surface area (Å²) in [6.45, 7) is 3.34. The Morgan fingerprint density at radius 2 is 2.09 bits per heavy atom. The minimum atomic E-state index is -0.988. The number of aliphatic hydroxyl groups is 1. The highest BCUT2D eigenvalue weighted by Gasteiger charge is 2.10. The van der Waals surface area contributed by atoms with E-state index in [-0.39, 0.29) is 0 Å². The van der Waals surface area contributed by atoms with E-state index in [0.717, 1.165) is 37.5 Å². The molecular formula is C17H14N4OS. The predicted molar refractivity (Wildman–Crippen MR) is 92.2 cm³/mol. The molecule has 0 bridgehead atoms. The SMILES string of the molecule is CC(C)(O)C#Cc1ccc(-c2nc3cc4c[nH]nc4cc3[nH]2)s1. The van der Waals surface area contributed by atoms with Crippen LogP contribution in [0.25, 0.3) is 32.6 Å². The quantitative estimate of drug-likeness (QED) is 0.471. The van der Waals surface area contributed by atoms with Crippen molar-refractivity contribution >= 4 is 33.3 Å². The van der Waals surface area contributed by atoms with Gasteiger partial charge in [-0.25, -0.2) is 4.98 Å². The highest BCUT2D eigenvalue weighted by molar-refractivity contribution is 7.15. The van der Waals surface area contributed by atoms with Crippen LogP contribution in [-0.4, -0.2) is 30.9 Å². The number of hydrogen-bond donors (Lipinski definition) is 3. The lowest BCUT2D eigenvalue weighted by molar-refractivity contribution is 0.143. The highest BCUT2D eigenvalue weighted by Crippen LogP contribution is 2.28. The van der Waals surface area contributed by atoms with Gasteiger partial charge in [0.1, 0.15) is 11.4 Å². The lowest BCUT2D eigenvalue weighted by Crippen LogP contribution is -2.14. The third kappa shape index (κ3) is 2.72. The van der Waals surface area contributed by atoms with E-state index < -0.39 is 5.60 Å². The molecule has 0 radical (unpaired) electrons. The van der Waals surface area contributed by atoms with E-state index in [4.69, 9.17) is 0 Å². The number of imidazole rings is 1. The van der Waals surface area contributed by atoms with Crippen LogP contribution in [0.2, 0.25) is 0 Å². The molecule has 0 fully saturated rings. The summed E-state index contributed by atoms with van der Waals surface area (Å²) in [6, 6.07) is 7.93. The second-order valence-electron chi connectivity index (χ2n) is 5.87. The van der Waals surface area contributed by atoms with Crippen molar-refractivity contribution < 1.29 is 5.11 Å². The Labute approximate surface area is 136 Å². The van der Waals surface area contributed by atoms with Gasteiger partial charge in [0, 0.05) is 11.6 Å². The van der Waals surface area contributed by atoms with E-state index in [2.05, 4.69) is 32.0 Å². The monoisotopic (exact) mass is 322 g/mol. The molecule has 0 amide bonds. The normalized spacial score (nSPS) is 11.8. The summed E-state index contributed by atoms with van der Waals surface area (Å²) in [5.74, 6) is 6.63. The Hall–Kier alpha value is -2.62. The highest BCUT2D eigenvalue weighted by atomic mass is 32.1. The van der Waals surface area contributed by atoms with Crippen molar-refractivity contribution in [1.29, 1.82) is 0 Å². The van der Waals surface area contributed by atoms with Crippen molar-refractivity contribution in [3.05, 3.63) is 35.3 Å². The molecule has 1 aromatic carbocycles. The van der Waals surface area contributed by atoms with E-state index in [0.29, 0.717) is 0 Å². The third-order valence-electron chi connectivity index (χ3n) is 3.37. The number of aromatic nitrogens is 4. The Kier molecular flexibility index (Phi) is 3.01. The number of aromatic amines is 2. The summed E-state index contributed by atoms with van der Waals surface area (Å²) in [5, 5.41) is 17.8. The number of rotatable bonds is 1. The van der Waals surface area contributed by atoms with Gasteiger partial charge in [-0.1, -0.05) is 11.8 Å². The standard InChI is InChI=1S/C17H14N4OS/c1-17(2,22)6-5-11-3-4-15(23-11)16-19-13-7-10-9-18-21-12(10)8-14(13)20-16/h3-4,7-9,22H,1-2H3,(H,18,21)(H,19,20). The number of nitrogens with one attached hydrogen (secondary N) is 2. The van der Waals surface area contributed by atoms with Gasteiger partial charge < -0.3 is 10.1 Å². The summed E-state index contributed by atoms with van der Waals surface area (Å²) in [7, 11) is 0. The Morgan fingerprint density at radius 3 is 2.91 bits per heavy atom. The van der Waals surface area contributed by atoms with Gasteiger partial charge in [-0.15, -0.1) is 11.3 Å². The van der Waals surface area contributed by atoms with Gasteiger partial charge in [0.15, 0.2) is 0 Å². The molecule has 0 aliphatic carbocycles. The summed E-state index contributed by atoms with van der Waals surface area (Å²) >= 11 is 1.55. The van der Waals surface area contributed by atoms with Crippen LogP contribution in [0.3, 0.4) is 0 Å². The van der Waals surface area contributed by atoms with E-state index in [1.165, 1.54) is 0 Å². The predicted octanol–water partition coefficient (Wildman–Crippen LogP) is 3.29. The number of H-pyrrole nitrogens is 2. The maximum Gasteiger partial charge on any atom is 0.148 e. The molecule has 114 valence electrons. The minimum absolute atomic E-state index is 0.818. The molecular weight excluding hydrogens is 308 g/mol. The molecule has 0 aliphatic heterocycles. The lowest BCUT2D eigenvalue weighted by Gasteiger charge is -2.05. The molecule has 23 heavy (non-hydrogen) atoms. The first-order chi connectivity index (χ1) is 11.0. The molecule has 3 N–H and O–H groups in total. The number of nitrogens with zero attached hydrogens (tertiary/aromatic N) is 2. The molecule has 0 unspecified atom stereocenters. The average Bonchev–Trinajstić information content (AvgIpc) is 3.19. The van der Waals surface area contributed by atoms with Crippen LogP contribution in [-0.2, 0) is 0 Å². The molecule has 4 aromatic rings. The zero-order valence-corrected chi connectivity index (χ0v) is 13.5. The van der Waals surface area contributed by atoms with Crippen LogP contribution in [0.5, 0.6) is 0 Å². The number of thiophene rings is 1. The fourth-order valence-electron chi connectivity index (χ4n) is 2.31. The van der Waals surface area contributed by atoms with Crippen LogP contribution in [0, 0.1) is 11.8 Å². The second kappa shape index (κ2) is 4.95. The van der Waals surface area contributed by atoms with Crippen LogP contribution in [0.1, 0.15) is 18.7 Å². The zero-order chi connectivity index (χ0) is 16.0. The Morgan fingerprint density at radius 1 is 1.22 bits per heavy atom. The first-order valence-electron chi connectivity index (χ1n) is 7.17. The first-order valence-corrected chi connectivity index (χ1v) is 7.99. The fraction of sp³-hybridized carbons (Fsp3) is 0.176. The molecule has 3 aromatic heterocycles. The van der Waals surface area contributed by atoms with E-state index in [1.54, 1.807) is 25.2 Å². The molecule has 0 aliphatic rings.